The number of benzene rings is 3. The summed E-state index contributed by atoms with van der Waals surface area (Å²) in [5.41, 5.74) is 5.23. The third-order valence-corrected chi connectivity index (χ3v) is 5.47. The van der Waals surface area contributed by atoms with Crippen LogP contribution >= 0.6 is 15.9 Å². The van der Waals surface area contributed by atoms with Crippen molar-refractivity contribution in [2.75, 3.05) is 11.9 Å². The highest BCUT2D eigenvalue weighted by atomic mass is 79.9. The van der Waals surface area contributed by atoms with Gasteiger partial charge in [0.15, 0.2) is 6.61 Å². The number of ether oxygens (including phenoxy) is 1. The fourth-order valence-corrected chi connectivity index (χ4v) is 3.47. The molecule has 0 fully saturated rings. The molecule has 0 saturated heterocycles. The van der Waals surface area contributed by atoms with Crippen LogP contribution in [0.15, 0.2) is 82.4 Å². The summed E-state index contributed by atoms with van der Waals surface area (Å²) in [5.74, 6) is -1.65. The number of carbonyl (C=O) groups is 3. The topological polar surface area (TPSA) is 109 Å². The first kappa shape index (κ1) is 25.6. The number of halogens is 1. The monoisotopic (exact) mass is 536 g/mol. The van der Waals surface area contributed by atoms with Crippen LogP contribution in [0.5, 0.6) is 5.75 Å². The second kappa shape index (κ2) is 12.5. The van der Waals surface area contributed by atoms with Crippen LogP contribution in [0.4, 0.5) is 5.69 Å². The lowest BCUT2D eigenvalue weighted by molar-refractivity contribution is -0.139. The highest BCUT2D eigenvalue weighted by Gasteiger charge is 2.16. The lowest BCUT2D eigenvalue weighted by Crippen LogP contribution is -2.39. The highest BCUT2D eigenvalue weighted by Crippen LogP contribution is 2.22. The van der Waals surface area contributed by atoms with Crippen LogP contribution in [0, 0.1) is 6.92 Å². The quantitative estimate of drug-likeness (QED) is 0.228. The first-order valence-corrected chi connectivity index (χ1v) is 11.6. The van der Waals surface area contributed by atoms with Crippen molar-refractivity contribution in [2.45, 2.75) is 19.9 Å². The van der Waals surface area contributed by atoms with Gasteiger partial charge in [0.25, 0.3) is 5.91 Å². The van der Waals surface area contributed by atoms with Gasteiger partial charge in [-0.1, -0.05) is 64.5 Å². The minimum absolute atomic E-state index is 0.219. The van der Waals surface area contributed by atoms with Gasteiger partial charge in [-0.25, -0.2) is 5.43 Å². The van der Waals surface area contributed by atoms with Gasteiger partial charge in [0.2, 0.25) is 0 Å². The van der Waals surface area contributed by atoms with Crippen LogP contribution in [0.1, 0.15) is 29.7 Å². The molecule has 3 rings (SSSR count). The number of nitrogens with zero attached hydrogens (tertiary/aromatic N) is 1. The van der Waals surface area contributed by atoms with Gasteiger partial charge in [0, 0.05) is 15.7 Å². The van der Waals surface area contributed by atoms with Crippen molar-refractivity contribution < 1.29 is 19.1 Å². The number of hydrogen-bond acceptors (Lipinski definition) is 5. The molecule has 180 valence electrons. The average Bonchev–Trinajstić information content (AvgIpc) is 2.85. The summed E-state index contributed by atoms with van der Waals surface area (Å²) in [7, 11) is 0. The molecule has 1 atom stereocenters. The van der Waals surface area contributed by atoms with Crippen molar-refractivity contribution in [1.29, 1.82) is 0 Å². The summed E-state index contributed by atoms with van der Waals surface area (Å²) < 4.78 is 6.40. The molecule has 0 aliphatic heterocycles. The molecule has 0 aliphatic carbocycles. The fraction of sp³-hybridized carbons (Fsp3) is 0.154. The Morgan fingerprint density at radius 1 is 1.00 bits per heavy atom. The van der Waals surface area contributed by atoms with E-state index in [1.165, 1.54) is 6.21 Å². The van der Waals surface area contributed by atoms with Gasteiger partial charge in [-0.2, -0.15) is 5.10 Å². The largest absolute Gasteiger partial charge is 0.483 e. The van der Waals surface area contributed by atoms with Crippen molar-refractivity contribution in [3.8, 4) is 5.75 Å². The molecule has 0 heterocycles. The smallest absolute Gasteiger partial charge is 0.329 e. The number of amides is 3. The molecule has 0 bridgehead atoms. The van der Waals surface area contributed by atoms with Crippen LogP contribution in [0.3, 0.4) is 0 Å². The van der Waals surface area contributed by atoms with Crippen LogP contribution in [0.2, 0.25) is 0 Å². The Balaban J connectivity index is 1.56. The Morgan fingerprint density at radius 3 is 2.46 bits per heavy atom. The number of anilines is 1. The number of para-hydroxylation sites is 1. The molecule has 8 nitrogen and oxygen atoms in total. The molecule has 35 heavy (non-hydrogen) atoms. The van der Waals surface area contributed by atoms with Crippen molar-refractivity contribution in [3.05, 3.63) is 94.0 Å². The Bertz CT molecular complexity index is 1230. The van der Waals surface area contributed by atoms with Gasteiger partial charge in [-0.15, -0.1) is 0 Å². The molecular weight excluding hydrogens is 512 g/mol. The van der Waals surface area contributed by atoms with E-state index in [0.29, 0.717) is 17.0 Å². The third kappa shape index (κ3) is 7.79. The van der Waals surface area contributed by atoms with Gasteiger partial charge < -0.3 is 15.4 Å². The summed E-state index contributed by atoms with van der Waals surface area (Å²) in [4.78, 5) is 36.6. The number of nitrogens with one attached hydrogen (secondary N) is 3. The van der Waals surface area contributed by atoms with E-state index in [-0.39, 0.29) is 18.6 Å². The Hall–Kier alpha value is -3.98. The average molecular weight is 537 g/mol. The molecule has 3 N–H and O–H groups in total. The zero-order valence-corrected chi connectivity index (χ0v) is 20.8. The van der Waals surface area contributed by atoms with E-state index < -0.39 is 11.8 Å². The second-order valence-corrected chi connectivity index (χ2v) is 8.55. The normalized spacial score (nSPS) is 11.5. The van der Waals surface area contributed by atoms with E-state index in [9.17, 15) is 14.4 Å². The SMILES string of the molecule is Cc1ccccc1NC(=O)COc1ccc(Br)cc1/C=N\NC(=O)C(=O)N[C@@H](C)c1ccccc1. The summed E-state index contributed by atoms with van der Waals surface area (Å²) in [5, 5.41) is 9.29. The third-order valence-electron chi connectivity index (χ3n) is 4.97. The zero-order chi connectivity index (χ0) is 25.2. The molecule has 0 aliphatic rings. The maximum atomic E-state index is 12.3. The van der Waals surface area contributed by atoms with E-state index in [1.54, 1.807) is 25.1 Å². The highest BCUT2D eigenvalue weighted by molar-refractivity contribution is 9.10. The maximum absolute atomic E-state index is 12.3. The van der Waals surface area contributed by atoms with E-state index >= 15 is 0 Å². The number of carbonyl (C=O) groups excluding carboxylic acids is 3. The molecule has 9 heteroatoms. The Morgan fingerprint density at radius 2 is 1.71 bits per heavy atom. The van der Waals surface area contributed by atoms with E-state index in [2.05, 4.69) is 37.1 Å². The first-order valence-electron chi connectivity index (χ1n) is 10.8. The lowest BCUT2D eigenvalue weighted by Gasteiger charge is -2.13. The summed E-state index contributed by atoms with van der Waals surface area (Å²) in [6.45, 7) is 3.46. The predicted octanol–water partition coefficient (Wildman–Crippen LogP) is 4.10. The van der Waals surface area contributed by atoms with Crippen LogP contribution in [-0.4, -0.2) is 30.5 Å². The molecule has 0 spiro atoms. The van der Waals surface area contributed by atoms with Gasteiger partial charge in [0.05, 0.1) is 12.3 Å². The number of hydrogen-bond donors (Lipinski definition) is 3. The van der Waals surface area contributed by atoms with Crippen molar-refractivity contribution in [1.82, 2.24) is 10.7 Å². The zero-order valence-electron chi connectivity index (χ0n) is 19.2. The van der Waals surface area contributed by atoms with Gasteiger partial charge in [-0.05, 0) is 49.2 Å². The van der Waals surface area contributed by atoms with Gasteiger partial charge in [0.1, 0.15) is 5.75 Å². The molecule has 3 amide bonds. The van der Waals surface area contributed by atoms with Crippen molar-refractivity contribution in [2.24, 2.45) is 5.10 Å². The van der Waals surface area contributed by atoms with E-state index in [0.717, 1.165) is 15.6 Å². The maximum Gasteiger partial charge on any atom is 0.329 e. The van der Waals surface area contributed by atoms with Crippen molar-refractivity contribution in [3.63, 3.8) is 0 Å². The molecule has 3 aromatic carbocycles. The summed E-state index contributed by atoms with van der Waals surface area (Å²) >= 11 is 3.37. The molecule has 0 aromatic heterocycles. The Labute approximate surface area is 211 Å². The Kier molecular flexibility index (Phi) is 9.14. The lowest BCUT2D eigenvalue weighted by atomic mass is 10.1. The molecular formula is C26H25BrN4O4. The summed E-state index contributed by atoms with van der Waals surface area (Å²) in [6.07, 6.45) is 1.34. The molecule has 0 unspecified atom stereocenters. The predicted molar refractivity (Wildman–Crippen MR) is 138 cm³/mol. The first-order chi connectivity index (χ1) is 16.8. The molecule has 0 radical (unpaired) electrons. The van der Waals surface area contributed by atoms with Crippen LogP contribution in [0.25, 0.3) is 0 Å². The number of rotatable bonds is 8. The molecule has 3 aromatic rings. The number of hydrazone groups is 1. The van der Waals surface area contributed by atoms with Crippen molar-refractivity contribution >= 4 is 45.6 Å². The standard InChI is InChI=1S/C26H25BrN4O4/c1-17-8-6-7-11-22(17)30-24(32)16-35-23-13-12-21(27)14-20(23)15-28-31-26(34)25(33)29-18(2)19-9-4-3-5-10-19/h3-15,18H,16H2,1-2H3,(H,29,33)(H,30,32)(H,31,34)/b28-15-/t18-/m0/s1. The minimum atomic E-state index is -0.904. The second-order valence-electron chi connectivity index (χ2n) is 7.64. The number of aryl methyl sites for hydroxylation is 1. The van der Waals surface area contributed by atoms with E-state index in [1.807, 2.05) is 61.5 Å². The fourth-order valence-electron chi connectivity index (χ4n) is 3.09. The van der Waals surface area contributed by atoms with Crippen LogP contribution < -0.4 is 20.8 Å². The minimum Gasteiger partial charge on any atom is -0.483 e. The van der Waals surface area contributed by atoms with Crippen LogP contribution in [-0.2, 0) is 14.4 Å². The summed E-state index contributed by atoms with van der Waals surface area (Å²) in [6, 6.07) is 21.5. The molecule has 0 saturated carbocycles. The van der Waals surface area contributed by atoms with E-state index in [4.69, 9.17) is 4.74 Å². The van der Waals surface area contributed by atoms with Gasteiger partial charge in [-0.3, -0.25) is 14.4 Å². The van der Waals surface area contributed by atoms with Gasteiger partial charge >= 0.3 is 11.8 Å².